The number of carbonyl (C=O) groups excluding carboxylic acids is 1. The highest BCUT2D eigenvalue weighted by Gasteiger charge is 2.17. The monoisotopic (exact) mass is 340 g/mol. The molecule has 0 unspecified atom stereocenters. The molecule has 0 spiro atoms. The molecular weight excluding hydrogens is 320 g/mol. The van der Waals surface area contributed by atoms with Crippen LogP contribution in [0.15, 0.2) is 59.5 Å². The highest BCUT2D eigenvalue weighted by atomic mass is 16.5. The van der Waals surface area contributed by atoms with Crippen molar-refractivity contribution in [2.75, 3.05) is 6.61 Å². The molecule has 0 N–H and O–H groups in total. The lowest BCUT2D eigenvalue weighted by Gasteiger charge is -2.06. The molecule has 3 rings (SSSR count). The average Bonchev–Trinajstić information content (AvgIpc) is 3.26. The minimum Gasteiger partial charge on any atom is -0.489 e. The third-order valence-electron chi connectivity index (χ3n) is 3.67. The Labute approximate surface area is 146 Å². The van der Waals surface area contributed by atoms with Gasteiger partial charge in [-0.05, 0) is 36.6 Å². The second-order valence-electron chi connectivity index (χ2n) is 5.64. The predicted molar refractivity (Wildman–Crippen MR) is 91.3 cm³/mol. The summed E-state index contributed by atoms with van der Waals surface area (Å²) >= 11 is 0. The number of hydrogen-bond acceptors (Lipinski definition) is 5. The van der Waals surface area contributed by atoms with Crippen LogP contribution in [0.4, 0.5) is 0 Å². The zero-order valence-corrected chi connectivity index (χ0v) is 14.1. The minimum absolute atomic E-state index is 0.192. The second kappa shape index (κ2) is 8.19. The minimum atomic E-state index is -0.470. The first kappa shape index (κ1) is 16.8. The summed E-state index contributed by atoms with van der Waals surface area (Å²) in [5.74, 6) is 0.458. The number of aryl methyl sites for hydroxylation is 2. The van der Waals surface area contributed by atoms with E-state index >= 15 is 0 Å². The van der Waals surface area contributed by atoms with Crippen molar-refractivity contribution in [1.82, 2.24) is 9.78 Å². The van der Waals surface area contributed by atoms with Gasteiger partial charge in [0.1, 0.15) is 12.4 Å². The first-order valence-corrected chi connectivity index (χ1v) is 8.11. The summed E-state index contributed by atoms with van der Waals surface area (Å²) in [5, 5.41) is 4.11. The van der Waals surface area contributed by atoms with E-state index in [1.807, 2.05) is 49.8 Å². The van der Waals surface area contributed by atoms with Crippen molar-refractivity contribution in [3.8, 4) is 5.75 Å². The van der Waals surface area contributed by atoms with Gasteiger partial charge in [0, 0.05) is 18.8 Å². The lowest BCUT2D eigenvalue weighted by molar-refractivity contribution is 0.0460. The number of benzene rings is 1. The van der Waals surface area contributed by atoms with Gasteiger partial charge in [0.2, 0.25) is 5.76 Å². The van der Waals surface area contributed by atoms with E-state index < -0.39 is 5.97 Å². The van der Waals surface area contributed by atoms with E-state index in [0.29, 0.717) is 12.2 Å². The van der Waals surface area contributed by atoms with Crippen LogP contribution in [0.5, 0.6) is 5.75 Å². The molecule has 130 valence electrons. The lowest BCUT2D eigenvalue weighted by atomic mass is 10.2. The molecule has 0 saturated heterocycles. The van der Waals surface area contributed by atoms with Gasteiger partial charge >= 0.3 is 5.97 Å². The van der Waals surface area contributed by atoms with Crippen molar-refractivity contribution in [3.05, 3.63) is 71.9 Å². The number of hydrogen-bond donors (Lipinski definition) is 0. The normalized spacial score (nSPS) is 10.6. The predicted octanol–water partition coefficient (Wildman–Crippen LogP) is 3.38. The van der Waals surface area contributed by atoms with Gasteiger partial charge in [-0.1, -0.05) is 18.2 Å². The van der Waals surface area contributed by atoms with Crippen molar-refractivity contribution in [2.24, 2.45) is 7.05 Å². The Hall–Kier alpha value is -3.02. The Morgan fingerprint density at radius 3 is 2.84 bits per heavy atom. The molecule has 0 aliphatic carbocycles. The van der Waals surface area contributed by atoms with Gasteiger partial charge in [0.25, 0.3) is 0 Å². The van der Waals surface area contributed by atoms with Crippen molar-refractivity contribution in [2.45, 2.75) is 19.4 Å². The fourth-order valence-corrected chi connectivity index (χ4v) is 2.41. The molecule has 0 aliphatic heterocycles. The molecule has 1 aromatic carbocycles. The van der Waals surface area contributed by atoms with Gasteiger partial charge in [-0.3, -0.25) is 4.68 Å². The Morgan fingerprint density at radius 2 is 2.08 bits per heavy atom. The van der Waals surface area contributed by atoms with E-state index in [4.69, 9.17) is 13.9 Å². The van der Waals surface area contributed by atoms with Gasteiger partial charge in [0.15, 0.2) is 0 Å². The molecule has 0 saturated carbocycles. The maximum atomic E-state index is 12.2. The molecule has 0 amide bonds. The first-order chi connectivity index (χ1) is 12.2. The maximum Gasteiger partial charge on any atom is 0.374 e. The van der Waals surface area contributed by atoms with Crippen LogP contribution < -0.4 is 4.74 Å². The van der Waals surface area contributed by atoms with Crippen LogP contribution in [-0.2, 0) is 24.8 Å². The largest absolute Gasteiger partial charge is 0.489 e. The van der Waals surface area contributed by atoms with E-state index in [0.717, 1.165) is 24.2 Å². The zero-order chi connectivity index (χ0) is 17.5. The van der Waals surface area contributed by atoms with E-state index in [2.05, 4.69) is 5.10 Å². The summed E-state index contributed by atoms with van der Waals surface area (Å²) in [5.41, 5.74) is 1.79. The van der Waals surface area contributed by atoms with Gasteiger partial charge in [-0.25, -0.2) is 4.79 Å². The second-order valence-corrected chi connectivity index (χ2v) is 5.64. The maximum absolute atomic E-state index is 12.2. The molecule has 6 nitrogen and oxygen atoms in total. The number of furan rings is 1. The Balaban J connectivity index is 1.46. The van der Waals surface area contributed by atoms with Gasteiger partial charge in [-0.2, -0.15) is 5.10 Å². The van der Waals surface area contributed by atoms with E-state index in [1.54, 1.807) is 10.7 Å². The first-order valence-electron chi connectivity index (χ1n) is 8.11. The molecule has 25 heavy (non-hydrogen) atoms. The molecule has 0 fully saturated rings. The van der Waals surface area contributed by atoms with Crippen LogP contribution in [0, 0.1) is 0 Å². The zero-order valence-electron chi connectivity index (χ0n) is 14.1. The molecule has 0 radical (unpaired) electrons. The van der Waals surface area contributed by atoms with Gasteiger partial charge < -0.3 is 13.9 Å². The lowest BCUT2D eigenvalue weighted by Crippen LogP contribution is -2.09. The number of nitrogens with zero attached hydrogens (tertiary/aromatic N) is 2. The van der Waals surface area contributed by atoms with Crippen molar-refractivity contribution in [3.63, 3.8) is 0 Å². The summed E-state index contributed by atoms with van der Waals surface area (Å²) in [4.78, 5) is 12.2. The third-order valence-corrected chi connectivity index (χ3v) is 3.67. The van der Waals surface area contributed by atoms with E-state index in [9.17, 15) is 4.79 Å². The fourth-order valence-electron chi connectivity index (χ4n) is 2.41. The average molecular weight is 340 g/mol. The molecule has 0 bridgehead atoms. The summed E-state index contributed by atoms with van der Waals surface area (Å²) in [7, 11) is 1.87. The number of carbonyl (C=O) groups is 1. The number of rotatable bonds is 8. The fraction of sp³-hybridized carbons (Fsp3) is 0.263. The molecule has 2 aromatic heterocycles. The van der Waals surface area contributed by atoms with Crippen molar-refractivity contribution >= 4 is 5.97 Å². The number of aromatic nitrogens is 2. The van der Waals surface area contributed by atoms with Crippen LogP contribution >= 0.6 is 0 Å². The Bertz CT molecular complexity index is 808. The summed E-state index contributed by atoms with van der Waals surface area (Å²) in [6.07, 6.45) is 6.77. The Morgan fingerprint density at radius 1 is 1.24 bits per heavy atom. The van der Waals surface area contributed by atoms with E-state index in [-0.39, 0.29) is 12.4 Å². The summed E-state index contributed by atoms with van der Waals surface area (Å²) in [6, 6.07) is 11.1. The molecule has 2 heterocycles. The third kappa shape index (κ3) is 4.73. The van der Waals surface area contributed by atoms with Gasteiger partial charge in [0.05, 0.1) is 19.1 Å². The summed E-state index contributed by atoms with van der Waals surface area (Å²) in [6.45, 7) is 0.577. The SMILES string of the molecule is Cn1cc(CCCOC(=O)c2occc2COc2ccccc2)cn1. The van der Waals surface area contributed by atoms with Crippen molar-refractivity contribution in [1.29, 1.82) is 0 Å². The van der Waals surface area contributed by atoms with E-state index in [1.165, 1.54) is 6.26 Å². The summed E-state index contributed by atoms with van der Waals surface area (Å²) < 4.78 is 18.0. The molecule has 0 atom stereocenters. The van der Waals surface area contributed by atoms with Crippen LogP contribution in [-0.4, -0.2) is 22.4 Å². The highest BCUT2D eigenvalue weighted by molar-refractivity contribution is 5.87. The van der Waals surface area contributed by atoms with Gasteiger partial charge in [-0.15, -0.1) is 0 Å². The topological polar surface area (TPSA) is 66.5 Å². The smallest absolute Gasteiger partial charge is 0.374 e. The molecule has 3 aromatic rings. The quantitative estimate of drug-likeness (QED) is 0.464. The number of ether oxygens (including phenoxy) is 2. The Kier molecular flexibility index (Phi) is 5.51. The van der Waals surface area contributed by atoms with Crippen LogP contribution in [0.2, 0.25) is 0 Å². The standard InChI is InChI=1S/C19H20N2O4/c1-21-13-15(12-20-21)6-5-10-24-19(22)18-16(9-11-23-18)14-25-17-7-3-2-4-8-17/h2-4,7-9,11-13H,5-6,10,14H2,1H3. The number of para-hydroxylation sites is 1. The molecule has 6 heteroatoms. The van der Waals surface area contributed by atoms with Crippen molar-refractivity contribution < 1.29 is 18.7 Å². The highest BCUT2D eigenvalue weighted by Crippen LogP contribution is 2.16. The molecule has 0 aliphatic rings. The number of esters is 1. The van der Waals surface area contributed by atoms with Crippen LogP contribution in [0.3, 0.4) is 0 Å². The van der Waals surface area contributed by atoms with Crippen LogP contribution in [0.1, 0.15) is 28.1 Å². The van der Waals surface area contributed by atoms with Crippen LogP contribution in [0.25, 0.3) is 0 Å². The molecular formula is C19H20N2O4.